The van der Waals surface area contributed by atoms with Crippen molar-refractivity contribution in [1.82, 2.24) is 4.90 Å². The molecule has 1 aliphatic heterocycles. The molecule has 0 spiro atoms. The zero-order valence-electron chi connectivity index (χ0n) is 15.6. The predicted molar refractivity (Wildman–Crippen MR) is 101 cm³/mol. The molecule has 0 aliphatic carbocycles. The van der Waals surface area contributed by atoms with E-state index in [1.165, 1.54) is 24.8 Å². The summed E-state index contributed by atoms with van der Waals surface area (Å²) >= 11 is 0. The number of primary amides is 1. The van der Waals surface area contributed by atoms with E-state index in [4.69, 9.17) is 5.73 Å². The fourth-order valence-corrected chi connectivity index (χ4v) is 3.90. The summed E-state index contributed by atoms with van der Waals surface area (Å²) in [4.78, 5) is 14.7. The van der Waals surface area contributed by atoms with Gasteiger partial charge in [-0.15, -0.1) is 0 Å². The highest BCUT2D eigenvalue weighted by molar-refractivity contribution is 5.82. The maximum absolute atomic E-state index is 12.1. The van der Waals surface area contributed by atoms with Crippen molar-refractivity contribution in [1.29, 1.82) is 0 Å². The molecule has 1 amide bonds. The second kappa shape index (κ2) is 9.22. The van der Waals surface area contributed by atoms with Gasteiger partial charge in [-0.25, -0.2) is 0 Å². The van der Waals surface area contributed by atoms with Crippen LogP contribution in [0.5, 0.6) is 0 Å². The Hall–Kier alpha value is -1.35. The Morgan fingerprint density at radius 1 is 1.12 bits per heavy atom. The van der Waals surface area contributed by atoms with Gasteiger partial charge in [0.2, 0.25) is 5.91 Å². The average Bonchev–Trinajstić information content (AvgIpc) is 2.57. The van der Waals surface area contributed by atoms with E-state index in [0.717, 1.165) is 37.9 Å². The Morgan fingerprint density at radius 2 is 1.75 bits per heavy atom. The quantitative estimate of drug-likeness (QED) is 0.780. The molecule has 1 heterocycles. The zero-order valence-corrected chi connectivity index (χ0v) is 15.6. The Morgan fingerprint density at radius 3 is 2.25 bits per heavy atom. The van der Waals surface area contributed by atoms with Gasteiger partial charge >= 0.3 is 0 Å². The summed E-state index contributed by atoms with van der Waals surface area (Å²) < 4.78 is 0. The predicted octanol–water partition coefficient (Wildman–Crippen LogP) is 4.11. The monoisotopic (exact) mass is 330 g/mol. The summed E-state index contributed by atoms with van der Waals surface area (Å²) in [6.07, 6.45) is 6.89. The fourth-order valence-electron chi connectivity index (χ4n) is 3.90. The molecule has 2 atom stereocenters. The number of nitrogens with zero attached hydrogens (tertiary/aromatic N) is 1. The third-order valence-electron chi connectivity index (χ3n) is 5.26. The van der Waals surface area contributed by atoms with Crippen LogP contribution in [0.2, 0.25) is 0 Å². The molecule has 134 valence electrons. The number of likely N-dealkylation sites (tertiary alicyclic amines) is 1. The standard InChI is InChI=1S/C21H34N2O/c1-4-19(23-12-6-5-7-13-23)15-20(21(22)24)18-10-8-17(9-11-18)14-16(2)3/h8-11,16,19-20H,4-7,12-15H2,1-3H3,(H2,22,24). The Kier molecular flexibility index (Phi) is 7.29. The van der Waals surface area contributed by atoms with E-state index in [1.807, 2.05) is 0 Å². The lowest BCUT2D eigenvalue weighted by molar-refractivity contribution is -0.120. The Balaban J connectivity index is 2.08. The molecular weight excluding hydrogens is 296 g/mol. The van der Waals surface area contributed by atoms with Gasteiger partial charge in [-0.3, -0.25) is 4.79 Å². The van der Waals surface area contributed by atoms with E-state index in [2.05, 4.69) is 49.9 Å². The number of rotatable bonds is 8. The number of hydrogen-bond acceptors (Lipinski definition) is 2. The Labute approximate surface area is 147 Å². The molecule has 1 aliphatic rings. The molecule has 0 radical (unpaired) electrons. The van der Waals surface area contributed by atoms with Gasteiger partial charge in [-0.05, 0) is 62.2 Å². The molecule has 0 saturated carbocycles. The molecule has 24 heavy (non-hydrogen) atoms. The van der Waals surface area contributed by atoms with Crippen LogP contribution in [0.15, 0.2) is 24.3 Å². The topological polar surface area (TPSA) is 46.3 Å². The molecule has 2 N–H and O–H groups in total. The fraction of sp³-hybridized carbons (Fsp3) is 0.667. The zero-order chi connectivity index (χ0) is 17.5. The van der Waals surface area contributed by atoms with Gasteiger partial charge in [0.15, 0.2) is 0 Å². The second-order valence-electron chi connectivity index (χ2n) is 7.69. The van der Waals surface area contributed by atoms with E-state index in [1.54, 1.807) is 0 Å². The van der Waals surface area contributed by atoms with Crippen LogP contribution >= 0.6 is 0 Å². The number of benzene rings is 1. The van der Waals surface area contributed by atoms with E-state index < -0.39 is 0 Å². The maximum Gasteiger partial charge on any atom is 0.225 e. The lowest BCUT2D eigenvalue weighted by atomic mass is 9.88. The molecule has 0 bridgehead atoms. The number of hydrogen-bond donors (Lipinski definition) is 1. The minimum Gasteiger partial charge on any atom is -0.369 e. The normalized spacial score (nSPS) is 18.5. The molecule has 3 heteroatoms. The minimum atomic E-state index is -0.193. The summed E-state index contributed by atoms with van der Waals surface area (Å²) in [5, 5.41) is 0. The van der Waals surface area contributed by atoms with Gasteiger partial charge in [0.25, 0.3) is 0 Å². The first-order valence-corrected chi connectivity index (χ1v) is 9.63. The summed E-state index contributed by atoms with van der Waals surface area (Å²) in [7, 11) is 0. The van der Waals surface area contributed by atoms with E-state index in [9.17, 15) is 4.79 Å². The van der Waals surface area contributed by atoms with Gasteiger partial charge in [0, 0.05) is 6.04 Å². The molecule has 0 aromatic heterocycles. The highest BCUT2D eigenvalue weighted by atomic mass is 16.1. The van der Waals surface area contributed by atoms with Crippen molar-refractivity contribution >= 4 is 5.91 Å². The number of piperidine rings is 1. The number of nitrogens with two attached hydrogens (primary N) is 1. The summed E-state index contributed by atoms with van der Waals surface area (Å²) in [6.45, 7) is 9.01. The van der Waals surface area contributed by atoms with Crippen molar-refractivity contribution in [2.45, 2.75) is 71.3 Å². The van der Waals surface area contributed by atoms with Crippen molar-refractivity contribution in [3.63, 3.8) is 0 Å². The lowest BCUT2D eigenvalue weighted by Gasteiger charge is -2.35. The van der Waals surface area contributed by atoms with Crippen LogP contribution in [0, 0.1) is 5.92 Å². The third kappa shape index (κ3) is 5.34. The molecule has 1 fully saturated rings. The van der Waals surface area contributed by atoms with Crippen LogP contribution in [0.25, 0.3) is 0 Å². The molecule has 1 aromatic carbocycles. The summed E-state index contributed by atoms with van der Waals surface area (Å²) in [6, 6.07) is 8.99. The van der Waals surface area contributed by atoms with Gasteiger partial charge in [-0.1, -0.05) is 51.5 Å². The van der Waals surface area contributed by atoms with Crippen molar-refractivity contribution in [2.24, 2.45) is 11.7 Å². The van der Waals surface area contributed by atoms with Gasteiger partial charge in [0.05, 0.1) is 5.92 Å². The molecule has 1 aromatic rings. The summed E-state index contributed by atoms with van der Waals surface area (Å²) in [5.74, 6) is 0.276. The largest absolute Gasteiger partial charge is 0.369 e. The van der Waals surface area contributed by atoms with E-state index in [0.29, 0.717) is 12.0 Å². The van der Waals surface area contributed by atoms with Gasteiger partial charge in [-0.2, -0.15) is 0 Å². The molecule has 1 saturated heterocycles. The third-order valence-corrected chi connectivity index (χ3v) is 5.26. The van der Waals surface area contributed by atoms with Crippen molar-refractivity contribution in [3.05, 3.63) is 35.4 Å². The summed E-state index contributed by atoms with van der Waals surface area (Å²) in [5.41, 5.74) is 8.17. The van der Waals surface area contributed by atoms with Crippen LogP contribution < -0.4 is 5.73 Å². The molecule has 2 unspecified atom stereocenters. The van der Waals surface area contributed by atoms with Crippen LogP contribution in [0.3, 0.4) is 0 Å². The van der Waals surface area contributed by atoms with E-state index in [-0.39, 0.29) is 11.8 Å². The first kappa shape index (κ1) is 19.0. The number of carbonyl (C=O) groups excluding carboxylic acids is 1. The van der Waals surface area contributed by atoms with E-state index >= 15 is 0 Å². The first-order chi connectivity index (χ1) is 11.5. The first-order valence-electron chi connectivity index (χ1n) is 9.63. The highest BCUT2D eigenvalue weighted by Gasteiger charge is 2.26. The van der Waals surface area contributed by atoms with Crippen molar-refractivity contribution in [3.8, 4) is 0 Å². The van der Waals surface area contributed by atoms with Crippen molar-refractivity contribution < 1.29 is 4.79 Å². The number of carbonyl (C=O) groups is 1. The molecular formula is C21H34N2O. The average molecular weight is 331 g/mol. The molecule has 2 rings (SSSR count). The van der Waals surface area contributed by atoms with Crippen LogP contribution in [-0.4, -0.2) is 29.9 Å². The lowest BCUT2D eigenvalue weighted by Crippen LogP contribution is -2.41. The van der Waals surface area contributed by atoms with Crippen LogP contribution in [-0.2, 0) is 11.2 Å². The van der Waals surface area contributed by atoms with Crippen LogP contribution in [0.4, 0.5) is 0 Å². The van der Waals surface area contributed by atoms with Gasteiger partial charge < -0.3 is 10.6 Å². The SMILES string of the molecule is CCC(CC(C(N)=O)c1ccc(CC(C)C)cc1)N1CCCCC1. The smallest absolute Gasteiger partial charge is 0.225 e. The molecule has 3 nitrogen and oxygen atoms in total. The Bertz CT molecular complexity index is 503. The minimum absolute atomic E-state index is 0.176. The second-order valence-corrected chi connectivity index (χ2v) is 7.69. The van der Waals surface area contributed by atoms with Crippen LogP contribution in [0.1, 0.15) is 69.9 Å². The number of amides is 1. The van der Waals surface area contributed by atoms with Gasteiger partial charge in [0.1, 0.15) is 0 Å². The maximum atomic E-state index is 12.1. The van der Waals surface area contributed by atoms with Crippen molar-refractivity contribution in [2.75, 3.05) is 13.1 Å². The highest BCUT2D eigenvalue weighted by Crippen LogP contribution is 2.27.